The molecule has 7 nitrogen and oxygen atoms in total. The van der Waals surface area contributed by atoms with E-state index in [1.165, 1.54) is 13.3 Å². The van der Waals surface area contributed by atoms with E-state index in [9.17, 15) is 18.0 Å². The summed E-state index contributed by atoms with van der Waals surface area (Å²) in [6, 6.07) is 11.0. The minimum Gasteiger partial charge on any atom is -0.497 e. The number of halogens is 3. The number of fused-ring (bicyclic) bond motifs is 1. The van der Waals surface area contributed by atoms with Crippen molar-refractivity contribution in [1.29, 1.82) is 0 Å². The highest BCUT2D eigenvalue weighted by atomic mass is 19.4. The van der Waals surface area contributed by atoms with Crippen molar-refractivity contribution in [1.82, 2.24) is 24.5 Å². The molecule has 180 valence electrons. The number of amides is 1. The second kappa shape index (κ2) is 9.01. The van der Waals surface area contributed by atoms with Gasteiger partial charge in [0, 0.05) is 24.5 Å². The summed E-state index contributed by atoms with van der Waals surface area (Å²) in [5, 5.41) is 3.92. The van der Waals surface area contributed by atoms with Crippen molar-refractivity contribution < 1.29 is 22.7 Å². The highest BCUT2D eigenvalue weighted by Gasteiger charge is 2.37. The molecule has 5 rings (SSSR count). The number of nitrogens with zero attached hydrogens (tertiary/aromatic N) is 5. The summed E-state index contributed by atoms with van der Waals surface area (Å²) < 4.78 is 47.9. The van der Waals surface area contributed by atoms with Crippen LogP contribution in [0.3, 0.4) is 0 Å². The van der Waals surface area contributed by atoms with Crippen molar-refractivity contribution >= 4 is 11.6 Å². The molecule has 35 heavy (non-hydrogen) atoms. The normalized spacial score (nSPS) is 16.5. The molecule has 0 radical (unpaired) electrons. The third-order valence-electron chi connectivity index (χ3n) is 6.19. The molecule has 1 amide bonds. The maximum Gasteiger partial charge on any atom is 0.433 e. The number of ether oxygens (including phenoxy) is 1. The largest absolute Gasteiger partial charge is 0.497 e. The van der Waals surface area contributed by atoms with E-state index >= 15 is 0 Å². The van der Waals surface area contributed by atoms with Gasteiger partial charge in [0.1, 0.15) is 11.3 Å². The Labute approximate surface area is 199 Å². The zero-order valence-electron chi connectivity index (χ0n) is 18.9. The third-order valence-corrected chi connectivity index (χ3v) is 6.19. The first-order valence-corrected chi connectivity index (χ1v) is 11.2. The maximum atomic E-state index is 14.0. The zero-order valence-corrected chi connectivity index (χ0v) is 18.9. The number of piperidine rings is 1. The zero-order chi connectivity index (χ0) is 24.6. The standard InChI is InChI=1S/C25H22F3N5O2/c1-35-18-8-4-6-16(12-18)20-13-22(25(26,27)28)33-23(31-20)19(15-30-33)24(34)32-11-3-2-9-21(32)17-7-5-10-29-14-17/h4-8,10,12-15,21H,2-3,9,11H2,1H3/t21-/m1/s1. The number of hydrogen-bond donors (Lipinski definition) is 0. The molecule has 0 spiro atoms. The summed E-state index contributed by atoms with van der Waals surface area (Å²) in [5.41, 5.74) is 0.262. The molecule has 10 heteroatoms. The Bertz CT molecular complexity index is 1370. The van der Waals surface area contributed by atoms with Gasteiger partial charge in [0.2, 0.25) is 0 Å². The van der Waals surface area contributed by atoms with Gasteiger partial charge >= 0.3 is 6.18 Å². The van der Waals surface area contributed by atoms with Crippen LogP contribution in [-0.2, 0) is 6.18 Å². The van der Waals surface area contributed by atoms with Crippen LogP contribution in [0.15, 0.2) is 61.1 Å². The van der Waals surface area contributed by atoms with E-state index in [0.717, 1.165) is 30.9 Å². The average molecular weight is 481 g/mol. The number of rotatable bonds is 4. The molecule has 4 aromatic rings. The Morgan fingerprint density at radius 2 is 1.97 bits per heavy atom. The lowest BCUT2D eigenvalue weighted by atomic mass is 9.95. The average Bonchev–Trinajstić information content (AvgIpc) is 3.31. The fraction of sp³-hybridized carbons (Fsp3) is 0.280. The summed E-state index contributed by atoms with van der Waals surface area (Å²) in [6.07, 6.45) is 2.33. The van der Waals surface area contributed by atoms with Crippen molar-refractivity contribution in [2.75, 3.05) is 13.7 Å². The van der Waals surface area contributed by atoms with Crippen molar-refractivity contribution in [3.8, 4) is 17.0 Å². The number of alkyl halides is 3. The van der Waals surface area contributed by atoms with E-state index in [1.54, 1.807) is 47.6 Å². The van der Waals surface area contributed by atoms with E-state index in [-0.39, 0.29) is 22.9 Å². The Hall–Kier alpha value is -3.95. The van der Waals surface area contributed by atoms with Crippen LogP contribution in [0.4, 0.5) is 13.2 Å². The quantitative estimate of drug-likeness (QED) is 0.401. The van der Waals surface area contributed by atoms with Gasteiger partial charge in [-0.15, -0.1) is 0 Å². The Morgan fingerprint density at radius 3 is 2.71 bits per heavy atom. The summed E-state index contributed by atoms with van der Waals surface area (Å²) >= 11 is 0. The summed E-state index contributed by atoms with van der Waals surface area (Å²) in [7, 11) is 1.47. The van der Waals surface area contributed by atoms with E-state index in [0.29, 0.717) is 22.4 Å². The van der Waals surface area contributed by atoms with Crippen molar-refractivity contribution in [2.45, 2.75) is 31.5 Å². The third kappa shape index (κ3) is 4.31. The highest BCUT2D eigenvalue weighted by Crippen LogP contribution is 2.35. The second-order valence-corrected chi connectivity index (χ2v) is 8.35. The van der Waals surface area contributed by atoms with Gasteiger partial charge in [-0.2, -0.15) is 18.3 Å². The van der Waals surface area contributed by atoms with E-state index in [2.05, 4.69) is 15.1 Å². The minimum atomic E-state index is -4.70. The van der Waals surface area contributed by atoms with Crippen LogP contribution in [0.5, 0.6) is 5.75 Å². The number of benzene rings is 1. The molecule has 1 aliphatic rings. The molecule has 0 unspecified atom stereocenters. The molecular formula is C25H22F3N5O2. The Kier molecular flexibility index (Phi) is 5.88. The lowest BCUT2D eigenvalue weighted by molar-refractivity contribution is -0.142. The number of pyridine rings is 1. The number of aromatic nitrogens is 4. The molecule has 1 aliphatic heterocycles. The van der Waals surface area contributed by atoms with Gasteiger partial charge < -0.3 is 9.64 Å². The van der Waals surface area contributed by atoms with Crippen molar-refractivity contribution in [3.63, 3.8) is 0 Å². The first kappa shape index (κ1) is 22.8. The molecule has 1 saturated heterocycles. The number of likely N-dealkylation sites (tertiary alicyclic amines) is 1. The number of carbonyl (C=O) groups excluding carboxylic acids is 1. The van der Waals surface area contributed by atoms with Gasteiger partial charge in [-0.1, -0.05) is 18.2 Å². The van der Waals surface area contributed by atoms with E-state index in [1.807, 2.05) is 6.07 Å². The van der Waals surface area contributed by atoms with Crippen LogP contribution in [-0.4, -0.2) is 44.0 Å². The summed E-state index contributed by atoms with van der Waals surface area (Å²) in [6.45, 7) is 0.484. The lowest BCUT2D eigenvalue weighted by Gasteiger charge is -2.35. The molecule has 1 atom stereocenters. The van der Waals surface area contributed by atoms with Crippen LogP contribution in [0.25, 0.3) is 16.9 Å². The summed E-state index contributed by atoms with van der Waals surface area (Å²) in [5.74, 6) is 0.0761. The first-order valence-electron chi connectivity index (χ1n) is 11.2. The van der Waals surface area contributed by atoms with Gasteiger partial charge in [0.25, 0.3) is 5.91 Å². The Balaban J connectivity index is 1.63. The predicted octanol–water partition coefficient (Wildman–Crippen LogP) is 5.19. The molecule has 0 N–H and O–H groups in total. The Morgan fingerprint density at radius 1 is 1.11 bits per heavy atom. The molecule has 0 bridgehead atoms. The van der Waals surface area contributed by atoms with Crippen LogP contribution in [0, 0.1) is 0 Å². The van der Waals surface area contributed by atoms with Crippen LogP contribution >= 0.6 is 0 Å². The molecule has 0 aliphatic carbocycles. The molecular weight excluding hydrogens is 459 g/mol. The maximum absolute atomic E-state index is 14.0. The molecule has 4 heterocycles. The smallest absolute Gasteiger partial charge is 0.433 e. The van der Waals surface area contributed by atoms with E-state index in [4.69, 9.17) is 4.74 Å². The first-order chi connectivity index (χ1) is 16.9. The van der Waals surface area contributed by atoms with Crippen LogP contribution in [0.1, 0.15) is 46.9 Å². The SMILES string of the molecule is COc1cccc(-c2cc(C(F)(F)F)n3ncc(C(=O)N4CCCC[C@@H]4c4cccnc4)c3n2)c1. The fourth-order valence-corrected chi connectivity index (χ4v) is 4.49. The van der Waals surface area contributed by atoms with Gasteiger partial charge in [-0.25, -0.2) is 9.50 Å². The number of methoxy groups -OCH3 is 1. The summed E-state index contributed by atoms with van der Waals surface area (Å²) in [4.78, 5) is 24.0. The predicted molar refractivity (Wildman–Crippen MR) is 122 cm³/mol. The molecule has 1 aromatic carbocycles. The molecule has 3 aromatic heterocycles. The highest BCUT2D eigenvalue weighted by molar-refractivity contribution is 6.00. The second-order valence-electron chi connectivity index (χ2n) is 8.35. The van der Waals surface area contributed by atoms with Gasteiger partial charge in [0.15, 0.2) is 11.3 Å². The van der Waals surface area contributed by atoms with Gasteiger partial charge in [0.05, 0.1) is 25.0 Å². The lowest BCUT2D eigenvalue weighted by Crippen LogP contribution is -2.38. The van der Waals surface area contributed by atoms with Crippen LogP contribution < -0.4 is 4.74 Å². The monoisotopic (exact) mass is 481 g/mol. The van der Waals surface area contributed by atoms with E-state index < -0.39 is 17.8 Å². The van der Waals surface area contributed by atoms with Gasteiger partial charge in [-0.3, -0.25) is 9.78 Å². The van der Waals surface area contributed by atoms with Crippen molar-refractivity contribution in [2.24, 2.45) is 0 Å². The minimum absolute atomic E-state index is 0.0241. The van der Waals surface area contributed by atoms with Crippen LogP contribution in [0.2, 0.25) is 0 Å². The molecule has 1 fully saturated rings. The van der Waals surface area contributed by atoms with Crippen molar-refractivity contribution in [3.05, 3.63) is 77.9 Å². The van der Waals surface area contributed by atoms with Gasteiger partial charge in [-0.05, 0) is 49.1 Å². The topological polar surface area (TPSA) is 72.6 Å². The fourth-order valence-electron chi connectivity index (χ4n) is 4.49. The number of hydrogen-bond acceptors (Lipinski definition) is 5. The molecule has 0 saturated carbocycles. The number of carbonyl (C=O) groups is 1.